The lowest BCUT2D eigenvalue weighted by molar-refractivity contribution is -0.162. The smallest absolute Gasteiger partial charge is 0.157 e. The van der Waals surface area contributed by atoms with Gasteiger partial charge in [-0.3, -0.25) is 0 Å². The van der Waals surface area contributed by atoms with Crippen LogP contribution in [0, 0.1) is 11.8 Å². The Morgan fingerprint density at radius 3 is 2.89 bits per heavy atom. The van der Waals surface area contributed by atoms with Crippen molar-refractivity contribution >= 4 is 0 Å². The lowest BCUT2D eigenvalue weighted by atomic mass is 10.2. The Labute approximate surface area is 118 Å². The van der Waals surface area contributed by atoms with Crippen LogP contribution in [0.4, 0.5) is 0 Å². The molecule has 1 atom stereocenters. The highest BCUT2D eigenvalue weighted by Gasteiger charge is 2.12. The van der Waals surface area contributed by atoms with Crippen LogP contribution in [0.5, 0.6) is 0 Å². The van der Waals surface area contributed by atoms with E-state index >= 15 is 0 Å². The van der Waals surface area contributed by atoms with Gasteiger partial charge in [-0.15, -0.1) is 5.92 Å². The van der Waals surface area contributed by atoms with Crippen molar-refractivity contribution in [3.05, 3.63) is 12.2 Å². The first-order chi connectivity index (χ1) is 9.43. The minimum Gasteiger partial charge on any atom is -0.353 e. The van der Waals surface area contributed by atoms with Crippen LogP contribution in [0.15, 0.2) is 12.2 Å². The van der Waals surface area contributed by atoms with E-state index in [1.54, 1.807) is 0 Å². The normalized spacial score (nSPS) is 19.3. The second kappa shape index (κ2) is 12.3. The second-order valence-corrected chi connectivity index (χ2v) is 4.91. The van der Waals surface area contributed by atoms with Crippen LogP contribution in [0.25, 0.3) is 0 Å². The molecule has 0 saturated carbocycles. The van der Waals surface area contributed by atoms with Gasteiger partial charge in [0.15, 0.2) is 6.29 Å². The molecule has 0 N–H and O–H groups in total. The highest BCUT2D eigenvalue weighted by Crippen LogP contribution is 2.14. The van der Waals surface area contributed by atoms with Crippen LogP contribution in [0.2, 0.25) is 0 Å². The van der Waals surface area contributed by atoms with Crippen molar-refractivity contribution in [2.45, 2.75) is 71.0 Å². The molecule has 0 aromatic rings. The Hall–Kier alpha value is -0.780. The molecule has 1 fully saturated rings. The summed E-state index contributed by atoms with van der Waals surface area (Å²) in [6.45, 7) is 3.84. The molecule has 1 aliphatic heterocycles. The molecule has 0 amide bonds. The molecule has 1 rings (SSSR count). The lowest BCUT2D eigenvalue weighted by Gasteiger charge is -2.22. The Kier molecular flexibility index (Phi) is 10.5. The molecule has 0 radical (unpaired) electrons. The minimum atomic E-state index is 0.0684. The first kappa shape index (κ1) is 16.3. The number of ether oxygens (including phenoxy) is 2. The third-order valence-corrected chi connectivity index (χ3v) is 3.14. The highest BCUT2D eigenvalue weighted by molar-refractivity contribution is 5.04. The van der Waals surface area contributed by atoms with Gasteiger partial charge >= 0.3 is 0 Å². The summed E-state index contributed by atoms with van der Waals surface area (Å²) in [6.07, 6.45) is 14.4. The molecule has 0 spiro atoms. The van der Waals surface area contributed by atoms with Crippen molar-refractivity contribution in [1.82, 2.24) is 0 Å². The fourth-order valence-electron chi connectivity index (χ4n) is 2.02. The lowest BCUT2D eigenvalue weighted by Crippen LogP contribution is -2.22. The highest BCUT2D eigenvalue weighted by atomic mass is 16.7. The van der Waals surface area contributed by atoms with Crippen LogP contribution < -0.4 is 0 Å². The van der Waals surface area contributed by atoms with E-state index in [4.69, 9.17) is 9.47 Å². The van der Waals surface area contributed by atoms with Crippen LogP contribution in [0.1, 0.15) is 64.7 Å². The monoisotopic (exact) mass is 264 g/mol. The summed E-state index contributed by atoms with van der Waals surface area (Å²) in [5, 5.41) is 0. The second-order valence-electron chi connectivity index (χ2n) is 4.91. The van der Waals surface area contributed by atoms with E-state index in [0.717, 1.165) is 45.3 Å². The number of hydrogen-bond donors (Lipinski definition) is 0. The zero-order valence-electron chi connectivity index (χ0n) is 12.3. The van der Waals surface area contributed by atoms with Crippen LogP contribution >= 0.6 is 0 Å². The Bertz CT molecular complexity index is 279. The predicted octanol–water partition coefficient (Wildman–Crippen LogP) is 4.45. The van der Waals surface area contributed by atoms with Gasteiger partial charge in [0.2, 0.25) is 0 Å². The summed E-state index contributed by atoms with van der Waals surface area (Å²) < 4.78 is 11.2. The molecule has 1 heterocycles. The van der Waals surface area contributed by atoms with Gasteiger partial charge in [-0.2, -0.15) is 0 Å². The first-order valence-corrected chi connectivity index (χ1v) is 7.77. The van der Waals surface area contributed by atoms with Crippen molar-refractivity contribution in [3.63, 3.8) is 0 Å². The number of rotatable bonds is 8. The fraction of sp³-hybridized carbons (Fsp3) is 0.765. The molecule has 2 heteroatoms. The summed E-state index contributed by atoms with van der Waals surface area (Å²) in [5.41, 5.74) is 0. The van der Waals surface area contributed by atoms with Crippen molar-refractivity contribution in [1.29, 1.82) is 0 Å². The zero-order valence-corrected chi connectivity index (χ0v) is 12.3. The summed E-state index contributed by atoms with van der Waals surface area (Å²) in [4.78, 5) is 0. The van der Waals surface area contributed by atoms with E-state index in [-0.39, 0.29) is 6.29 Å². The topological polar surface area (TPSA) is 18.5 Å². The van der Waals surface area contributed by atoms with Crippen molar-refractivity contribution in [2.75, 3.05) is 13.2 Å². The van der Waals surface area contributed by atoms with Gasteiger partial charge in [0.25, 0.3) is 0 Å². The van der Waals surface area contributed by atoms with Gasteiger partial charge in [-0.1, -0.05) is 31.4 Å². The van der Waals surface area contributed by atoms with Gasteiger partial charge in [0.1, 0.15) is 0 Å². The molecule has 1 unspecified atom stereocenters. The molecule has 2 nitrogen and oxygen atoms in total. The molecular formula is C17H28O2. The molecule has 0 aromatic carbocycles. The fourth-order valence-corrected chi connectivity index (χ4v) is 2.02. The van der Waals surface area contributed by atoms with E-state index in [9.17, 15) is 0 Å². The van der Waals surface area contributed by atoms with Crippen molar-refractivity contribution in [2.24, 2.45) is 0 Å². The predicted molar refractivity (Wildman–Crippen MR) is 79.8 cm³/mol. The van der Waals surface area contributed by atoms with Crippen LogP contribution in [0.3, 0.4) is 0 Å². The molecule has 1 aliphatic rings. The molecule has 19 heavy (non-hydrogen) atoms. The molecule has 0 aliphatic carbocycles. The first-order valence-electron chi connectivity index (χ1n) is 7.77. The SMILES string of the molecule is CCC=CCC#CCCCCCOC1CCCCO1. The standard InChI is InChI=1S/C17H28O2/c1-2-3-4-5-6-7-8-9-10-12-15-18-17-14-11-13-16-19-17/h3-4,17H,2,5,8-16H2,1H3. The van der Waals surface area contributed by atoms with Crippen LogP contribution in [-0.4, -0.2) is 19.5 Å². The number of unbranched alkanes of at least 4 members (excludes halogenated alkanes) is 3. The summed E-state index contributed by atoms with van der Waals surface area (Å²) >= 11 is 0. The average Bonchev–Trinajstić information content (AvgIpc) is 2.46. The van der Waals surface area contributed by atoms with Crippen molar-refractivity contribution in [3.8, 4) is 11.8 Å². The van der Waals surface area contributed by atoms with Crippen molar-refractivity contribution < 1.29 is 9.47 Å². The maximum absolute atomic E-state index is 5.69. The van der Waals surface area contributed by atoms with Gasteiger partial charge in [0.05, 0.1) is 0 Å². The average molecular weight is 264 g/mol. The van der Waals surface area contributed by atoms with Gasteiger partial charge in [-0.05, 0) is 38.5 Å². The van der Waals surface area contributed by atoms with Gasteiger partial charge in [0, 0.05) is 26.1 Å². The van der Waals surface area contributed by atoms with Crippen LogP contribution in [-0.2, 0) is 9.47 Å². The largest absolute Gasteiger partial charge is 0.353 e. The maximum atomic E-state index is 5.69. The quantitative estimate of drug-likeness (QED) is 0.366. The van der Waals surface area contributed by atoms with Gasteiger partial charge in [-0.25, -0.2) is 0 Å². The number of hydrogen-bond acceptors (Lipinski definition) is 2. The van der Waals surface area contributed by atoms with E-state index < -0.39 is 0 Å². The Balaban J connectivity index is 1.84. The maximum Gasteiger partial charge on any atom is 0.157 e. The molecule has 0 bridgehead atoms. The van der Waals surface area contributed by atoms with E-state index in [2.05, 4.69) is 30.9 Å². The third kappa shape index (κ3) is 9.76. The molecule has 108 valence electrons. The molecular weight excluding hydrogens is 236 g/mol. The Morgan fingerprint density at radius 2 is 2.11 bits per heavy atom. The minimum absolute atomic E-state index is 0.0684. The third-order valence-electron chi connectivity index (χ3n) is 3.14. The van der Waals surface area contributed by atoms with E-state index in [1.165, 1.54) is 25.7 Å². The summed E-state index contributed by atoms with van der Waals surface area (Å²) in [5.74, 6) is 6.39. The van der Waals surface area contributed by atoms with Gasteiger partial charge < -0.3 is 9.47 Å². The summed E-state index contributed by atoms with van der Waals surface area (Å²) in [6, 6.07) is 0. The zero-order chi connectivity index (χ0) is 13.6. The summed E-state index contributed by atoms with van der Waals surface area (Å²) in [7, 11) is 0. The van der Waals surface area contributed by atoms with E-state index in [1.807, 2.05) is 0 Å². The number of allylic oxidation sites excluding steroid dienone is 2. The molecule has 1 saturated heterocycles. The molecule has 0 aromatic heterocycles. The Morgan fingerprint density at radius 1 is 1.16 bits per heavy atom. The van der Waals surface area contributed by atoms with E-state index in [0.29, 0.717) is 0 Å².